The van der Waals surface area contributed by atoms with E-state index in [-0.39, 0.29) is 17.9 Å². The first-order valence-electron chi connectivity index (χ1n) is 10.5. The summed E-state index contributed by atoms with van der Waals surface area (Å²) < 4.78 is 0. The number of hydrogen-bond acceptors (Lipinski definition) is 4. The van der Waals surface area contributed by atoms with Crippen molar-refractivity contribution < 1.29 is 9.59 Å². The van der Waals surface area contributed by atoms with Gasteiger partial charge in [-0.3, -0.25) is 9.59 Å². The van der Waals surface area contributed by atoms with Gasteiger partial charge in [-0.25, -0.2) is 0 Å². The molecule has 2 unspecified atom stereocenters. The Hall–Kier alpha value is -2.18. The van der Waals surface area contributed by atoms with Crippen LogP contribution in [0.1, 0.15) is 59.4 Å². The number of likely N-dealkylation sites (N-methyl/N-ethyl adjacent to an activating group) is 1. The molecule has 0 fully saturated rings. The van der Waals surface area contributed by atoms with Gasteiger partial charge in [0, 0.05) is 30.6 Å². The average molecular weight is 414 g/mol. The molecule has 1 N–H and O–H groups in total. The summed E-state index contributed by atoms with van der Waals surface area (Å²) in [6, 6.07) is 11.2. The molecule has 0 bridgehead atoms. The van der Waals surface area contributed by atoms with E-state index >= 15 is 0 Å². The fourth-order valence-electron chi connectivity index (χ4n) is 4.19. The number of benzene rings is 1. The van der Waals surface area contributed by atoms with Crippen molar-refractivity contribution >= 4 is 23.2 Å². The van der Waals surface area contributed by atoms with E-state index in [9.17, 15) is 9.59 Å². The third kappa shape index (κ3) is 4.70. The van der Waals surface area contributed by atoms with Crippen molar-refractivity contribution in [3.63, 3.8) is 0 Å². The molecule has 29 heavy (non-hydrogen) atoms. The zero-order valence-electron chi connectivity index (χ0n) is 17.6. The van der Waals surface area contributed by atoms with E-state index in [1.165, 1.54) is 0 Å². The normalized spacial score (nSPS) is 18.8. The van der Waals surface area contributed by atoms with Crippen LogP contribution >= 0.6 is 11.3 Å². The second kappa shape index (κ2) is 10.0. The fraction of sp³-hybridized carbons (Fsp3) is 0.478. The van der Waals surface area contributed by atoms with Crippen molar-refractivity contribution in [1.29, 1.82) is 0 Å². The summed E-state index contributed by atoms with van der Waals surface area (Å²) in [5.41, 5.74) is 1.45. The lowest BCUT2D eigenvalue weighted by molar-refractivity contribution is -0.124. The number of fused-ring (bicyclic) bond motifs is 1. The van der Waals surface area contributed by atoms with Crippen LogP contribution in [0, 0.1) is 0 Å². The Morgan fingerprint density at radius 3 is 2.48 bits per heavy atom. The molecule has 0 radical (unpaired) electrons. The maximum Gasteiger partial charge on any atom is 0.254 e. The van der Waals surface area contributed by atoms with Gasteiger partial charge in [-0.2, -0.15) is 0 Å². The molecule has 0 spiro atoms. The topological polar surface area (TPSA) is 52.7 Å². The van der Waals surface area contributed by atoms with Crippen LogP contribution in [0.2, 0.25) is 0 Å². The first-order chi connectivity index (χ1) is 14.1. The van der Waals surface area contributed by atoms with Gasteiger partial charge in [0.05, 0.1) is 12.0 Å². The number of hydrogen-bond donors (Lipinski definition) is 1. The van der Waals surface area contributed by atoms with Gasteiger partial charge in [0.1, 0.15) is 0 Å². The summed E-state index contributed by atoms with van der Waals surface area (Å²) in [6.07, 6.45) is 2.22. The van der Waals surface area contributed by atoms with Crippen LogP contribution in [-0.2, 0) is 4.79 Å². The fourth-order valence-corrected chi connectivity index (χ4v) is 5.09. The van der Waals surface area contributed by atoms with E-state index in [0.29, 0.717) is 12.1 Å². The Morgan fingerprint density at radius 1 is 1.10 bits per heavy atom. The highest BCUT2D eigenvalue weighted by atomic mass is 32.1. The number of nitrogens with zero attached hydrogens (tertiary/aromatic N) is 2. The third-order valence-electron chi connectivity index (χ3n) is 5.50. The molecule has 2 aromatic rings. The first kappa shape index (κ1) is 21.5. The maximum absolute atomic E-state index is 13.4. The van der Waals surface area contributed by atoms with E-state index in [2.05, 4.69) is 24.1 Å². The highest BCUT2D eigenvalue weighted by molar-refractivity contribution is 7.10. The lowest BCUT2D eigenvalue weighted by Gasteiger charge is -2.39. The van der Waals surface area contributed by atoms with Gasteiger partial charge in [-0.1, -0.05) is 38.1 Å². The molecule has 0 saturated carbocycles. The predicted octanol–water partition coefficient (Wildman–Crippen LogP) is 3.90. The Labute approximate surface area is 177 Å². The summed E-state index contributed by atoms with van der Waals surface area (Å²) >= 11 is 1.59. The summed E-state index contributed by atoms with van der Waals surface area (Å²) in [7, 11) is 1.80. The van der Waals surface area contributed by atoms with Crippen molar-refractivity contribution in [2.75, 3.05) is 33.2 Å². The van der Waals surface area contributed by atoms with Crippen LogP contribution in [0.4, 0.5) is 0 Å². The largest absolute Gasteiger partial charge is 0.354 e. The molecule has 1 aliphatic rings. The van der Waals surface area contributed by atoms with Gasteiger partial charge in [0.2, 0.25) is 5.91 Å². The molecule has 2 atom stereocenters. The zero-order valence-corrected chi connectivity index (χ0v) is 18.4. The van der Waals surface area contributed by atoms with Crippen LogP contribution in [0.25, 0.3) is 0 Å². The summed E-state index contributed by atoms with van der Waals surface area (Å²) in [5, 5.41) is 5.15. The molecule has 6 heteroatoms. The molecule has 1 aromatic heterocycles. The summed E-state index contributed by atoms with van der Waals surface area (Å²) in [6.45, 7) is 7.92. The minimum Gasteiger partial charge on any atom is -0.354 e. The molecule has 0 aliphatic carbocycles. The number of rotatable bonds is 9. The lowest BCUT2D eigenvalue weighted by atomic mass is 9.82. The quantitative estimate of drug-likeness (QED) is 0.678. The van der Waals surface area contributed by atoms with Gasteiger partial charge in [-0.15, -0.1) is 11.3 Å². The minimum absolute atomic E-state index is 0.0110. The molecule has 3 rings (SSSR count). The second-order valence-corrected chi connectivity index (χ2v) is 8.55. The van der Waals surface area contributed by atoms with E-state index in [4.69, 9.17) is 0 Å². The lowest BCUT2D eigenvalue weighted by Crippen LogP contribution is -2.46. The standard InChI is InChI=1S/C23H31N3O2S/c1-4-13-26(14-5-2)15-12-24-22(27)20-17-9-6-7-10-18(17)23(28)25(3)21(20)19-11-8-16-29-19/h6-11,16,20-21H,4-5,12-15H2,1-3H3,(H,24,27). The van der Waals surface area contributed by atoms with Crippen molar-refractivity contribution in [3.8, 4) is 0 Å². The van der Waals surface area contributed by atoms with E-state index < -0.39 is 5.92 Å². The van der Waals surface area contributed by atoms with E-state index in [1.807, 2.05) is 41.8 Å². The SMILES string of the molecule is CCCN(CCC)CCNC(=O)C1c2ccccc2C(=O)N(C)C1c1cccs1. The molecule has 156 valence electrons. The molecule has 5 nitrogen and oxygen atoms in total. The number of nitrogens with one attached hydrogen (secondary N) is 1. The summed E-state index contributed by atoms with van der Waals surface area (Å²) in [5.74, 6) is -0.443. The molecule has 1 aliphatic heterocycles. The zero-order chi connectivity index (χ0) is 20.8. The Balaban J connectivity index is 1.82. The van der Waals surface area contributed by atoms with Gasteiger partial charge in [-0.05, 0) is 49.0 Å². The van der Waals surface area contributed by atoms with Crippen LogP contribution < -0.4 is 5.32 Å². The van der Waals surface area contributed by atoms with Gasteiger partial charge in [0.15, 0.2) is 0 Å². The molecule has 1 aromatic carbocycles. The number of amides is 2. The Kier molecular flexibility index (Phi) is 7.45. The van der Waals surface area contributed by atoms with Crippen molar-refractivity contribution in [3.05, 3.63) is 57.8 Å². The second-order valence-electron chi connectivity index (χ2n) is 7.57. The van der Waals surface area contributed by atoms with Crippen molar-refractivity contribution in [1.82, 2.24) is 15.1 Å². The average Bonchev–Trinajstić information content (AvgIpc) is 3.25. The maximum atomic E-state index is 13.4. The van der Waals surface area contributed by atoms with Crippen LogP contribution in [0.3, 0.4) is 0 Å². The van der Waals surface area contributed by atoms with Crippen LogP contribution in [-0.4, -0.2) is 54.8 Å². The Bertz CT molecular complexity index is 815. The van der Waals surface area contributed by atoms with E-state index in [0.717, 1.165) is 42.9 Å². The highest BCUT2D eigenvalue weighted by Crippen LogP contribution is 2.43. The number of carbonyl (C=O) groups is 2. The summed E-state index contributed by atoms with van der Waals surface area (Å²) in [4.78, 5) is 31.4. The predicted molar refractivity (Wildman–Crippen MR) is 118 cm³/mol. The van der Waals surface area contributed by atoms with Gasteiger partial charge in [0.25, 0.3) is 5.91 Å². The highest BCUT2D eigenvalue weighted by Gasteiger charge is 2.42. The molecule has 2 heterocycles. The molecule has 0 saturated heterocycles. The van der Waals surface area contributed by atoms with Crippen LogP contribution in [0.15, 0.2) is 41.8 Å². The van der Waals surface area contributed by atoms with Gasteiger partial charge >= 0.3 is 0 Å². The minimum atomic E-state index is -0.404. The number of carbonyl (C=O) groups excluding carboxylic acids is 2. The number of thiophene rings is 1. The van der Waals surface area contributed by atoms with Crippen molar-refractivity contribution in [2.24, 2.45) is 0 Å². The van der Waals surface area contributed by atoms with Gasteiger partial charge < -0.3 is 15.1 Å². The van der Waals surface area contributed by atoms with Crippen LogP contribution in [0.5, 0.6) is 0 Å². The molecule has 2 amide bonds. The molecular weight excluding hydrogens is 382 g/mol. The van der Waals surface area contributed by atoms with E-state index in [1.54, 1.807) is 23.3 Å². The first-order valence-corrected chi connectivity index (χ1v) is 11.4. The van der Waals surface area contributed by atoms with Crippen molar-refractivity contribution in [2.45, 2.75) is 38.6 Å². The molecular formula is C23H31N3O2S. The third-order valence-corrected chi connectivity index (χ3v) is 6.45. The Morgan fingerprint density at radius 2 is 1.83 bits per heavy atom. The smallest absolute Gasteiger partial charge is 0.254 e. The monoisotopic (exact) mass is 413 g/mol.